The van der Waals surface area contributed by atoms with Crippen LogP contribution in [0.1, 0.15) is 18.1 Å². The lowest BCUT2D eigenvalue weighted by molar-refractivity contribution is -0.120. The number of amides is 1. The van der Waals surface area contributed by atoms with Crippen molar-refractivity contribution < 1.29 is 4.79 Å². The Morgan fingerprint density at radius 2 is 1.52 bits per heavy atom. The molecule has 0 fully saturated rings. The predicted molar refractivity (Wildman–Crippen MR) is 124 cm³/mol. The van der Waals surface area contributed by atoms with E-state index >= 15 is 0 Å². The molecule has 1 amide bonds. The number of hydrogen-bond acceptors (Lipinski definition) is 3. The van der Waals surface area contributed by atoms with E-state index < -0.39 is 0 Å². The molecule has 4 aromatic carbocycles. The van der Waals surface area contributed by atoms with E-state index in [1.807, 2.05) is 49.4 Å². The van der Waals surface area contributed by atoms with Gasteiger partial charge in [-0.1, -0.05) is 78.9 Å². The fourth-order valence-electron chi connectivity index (χ4n) is 3.31. The molecule has 4 rings (SSSR count). The molecule has 29 heavy (non-hydrogen) atoms. The number of rotatable bonds is 6. The Morgan fingerprint density at radius 3 is 2.17 bits per heavy atom. The normalized spacial score (nSPS) is 12.4. The summed E-state index contributed by atoms with van der Waals surface area (Å²) in [6.07, 6.45) is 1.76. The second kappa shape index (κ2) is 8.93. The van der Waals surface area contributed by atoms with Gasteiger partial charge in [-0.2, -0.15) is 5.10 Å². The standard InChI is InChI=1S/C25H22N2OS/c1-18(29-17-19-9-3-2-4-10-19)25(28)27-26-16-24-22-13-7-5-11-20(22)15-21-12-6-8-14-23(21)24/h2-16,18H,17H2,1H3,(H,27,28)/b26-16+. The van der Waals surface area contributed by atoms with Crippen LogP contribution >= 0.6 is 11.8 Å². The van der Waals surface area contributed by atoms with Gasteiger partial charge in [0.1, 0.15) is 0 Å². The average molecular weight is 399 g/mol. The molecule has 4 aromatic rings. The van der Waals surface area contributed by atoms with Crippen molar-refractivity contribution in [2.45, 2.75) is 17.9 Å². The third kappa shape index (κ3) is 4.49. The van der Waals surface area contributed by atoms with Gasteiger partial charge in [0.15, 0.2) is 0 Å². The highest BCUT2D eigenvalue weighted by Crippen LogP contribution is 2.27. The van der Waals surface area contributed by atoms with Crippen LogP contribution in [0.3, 0.4) is 0 Å². The van der Waals surface area contributed by atoms with Gasteiger partial charge in [0.05, 0.1) is 11.5 Å². The Hall–Kier alpha value is -3.11. The maximum Gasteiger partial charge on any atom is 0.252 e. The number of benzene rings is 4. The van der Waals surface area contributed by atoms with E-state index in [1.165, 1.54) is 5.56 Å². The average Bonchev–Trinajstić information content (AvgIpc) is 2.77. The lowest BCUT2D eigenvalue weighted by atomic mass is 9.97. The van der Waals surface area contributed by atoms with Crippen molar-refractivity contribution in [2.75, 3.05) is 0 Å². The SMILES string of the molecule is CC(SCc1ccccc1)C(=O)N/N=C/c1c2ccccc2cc2ccccc12. The molecule has 1 unspecified atom stereocenters. The van der Waals surface area contributed by atoms with Crippen LogP contribution in [0.4, 0.5) is 0 Å². The topological polar surface area (TPSA) is 41.5 Å². The first-order valence-corrected chi connectivity index (χ1v) is 10.7. The number of nitrogens with zero attached hydrogens (tertiary/aromatic N) is 1. The van der Waals surface area contributed by atoms with Gasteiger partial charge in [0.2, 0.25) is 0 Å². The van der Waals surface area contributed by atoms with E-state index in [9.17, 15) is 4.79 Å². The van der Waals surface area contributed by atoms with E-state index in [4.69, 9.17) is 0 Å². The molecule has 1 N–H and O–H groups in total. The Morgan fingerprint density at radius 1 is 0.931 bits per heavy atom. The molecule has 0 saturated heterocycles. The van der Waals surface area contributed by atoms with E-state index in [0.29, 0.717) is 0 Å². The molecule has 4 heteroatoms. The monoisotopic (exact) mass is 398 g/mol. The second-order valence-corrected chi connectivity index (χ2v) is 8.23. The van der Waals surface area contributed by atoms with Crippen molar-refractivity contribution in [1.82, 2.24) is 5.43 Å². The van der Waals surface area contributed by atoms with Gasteiger partial charge in [-0.25, -0.2) is 5.43 Å². The molecule has 0 saturated carbocycles. The Kier molecular flexibility index (Phi) is 5.92. The van der Waals surface area contributed by atoms with Crippen LogP contribution in [0.5, 0.6) is 0 Å². The summed E-state index contributed by atoms with van der Waals surface area (Å²) in [5, 5.41) is 8.65. The lowest BCUT2D eigenvalue weighted by Crippen LogP contribution is -2.27. The Bertz CT molecular complexity index is 1120. The molecule has 1 atom stereocenters. The third-order valence-electron chi connectivity index (χ3n) is 4.89. The summed E-state index contributed by atoms with van der Waals surface area (Å²) in [6.45, 7) is 1.91. The highest BCUT2D eigenvalue weighted by Gasteiger charge is 2.13. The number of thioether (sulfide) groups is 1. The molecule has 3 nitrogen and oxygen atoms in total. The van der Waals surface area contributed by atoms with Crippen molar-refractivity contribution in [1.29, 1.82) is 0 Å². The first kappa shape index (κ1) is 19.2. The zero-order valence-corrected chi connectivity index (χ0v) is 17.0. The van der Waals surface area contributed by atoms with E-state index in [-0.39, 0.29) is 11.2 Å². The van der Waals surface area contributed by atoms with Crippen LogP contribution in [0.15, 0.2) is 90.0 Å². The molecule has 0 aromatic heterocycles. The van der Waals surface area contributed by atoms with E-state index in [1.54, 1.807) is 18.0 Å². The maximum absolute atomic E-state index is 12.4. The molecule has 0 aliphatic heterocycles. The number of carbonyl (C=O) groups excluding carboxylic acids is 1. The number of fused-ring (bicyclic) bond motifs is 2. The largest absolute Gasteiger partial charge is 0.272 e. The molecule has 0 radical (unpaired) electrons. The summed E-state index contributed by atoms with van der Waals surface area (Å²) >= 11 is 1.60. The van der Waals surface area contributed by atoms with Crippen molar-refractivity contribution in [3.63, 3.8) is 0 Å². The van der Waals surface area contributed by atoms with Crippen LogP contribution in [0.25, 0.3) is 21.5 Å². The lowest BCUT2D eigenvalue weighted by Gasteiger charge is -2.10. The summed E-state index contributed by atoms with van der Waals surface area (Å²) in [5.41, 5.74) is 4.93. The molecule has 0 aliphatic carbocycles. The van der Waals surface area contributed by atoms with Gasteiger partial charge in [-0.05, 0) is 40.1 Å². The van der Waals surface area contributed by atoms with Gasteiger partial charge >= 0.3 is 0 Å². The maximum atomic E-state index is 12.4. The number of hydrogen-bond donors (Lipinski definition) is 1. The van der Waals surface area contributed by atoms with Gasteiger partial charge in [-0.3, -0.25) is 4.79 Å². The number of hydrazone groups is 1. The Balaban J connectivity index is 1.50. The fraction of sp³-hybridized carbons (Fsp3) is 0.120. The number of nitrogens with one attached hydrogen (secondary N) is 1. The first-order chi connectivity index (χ1) is 14.2. The minimum Gasteiger partial charge on any atom is -0.272 e. The van der Waals surface area contributed by atoms with Gasteiger partial charge in [0, 0.05) is 11.3 Å². The smallest absolute Gasteiger partial charge is 0.252 e. The molecule has 0 spiro atoms. The molecule has 0 bridgehead atoms. The number of carbonyl (C=O) groups is 1. The molecule has 0 aliphatic rings. The first-order valence-electron chi connectivity index (χ1n) is 9.61. The van der Waals surface area contributed by atoms with Crippen LogP contribution < -0.4 is 5.43 Å². The Labute approximate surface area is 174 Å². The van der Waals surface area contributed by atoms with Crippen molar-refractivity contribution in [2.24, 2.45) is 5.10 Å². The summed E-state index contributed by atoms with van der Waals surface area (Å²) in [4.78, 5) is 12.4. The molecule has 0 heterocycles. The summed E-state index contributed by atoms with van der Waals surface area (Å²) in [5.74, 6) is 0.708. The van der Waals surface area contributed by atoms with Crippen LogP contribution in [-0.4, -0.2) is 17.4 Å². The minimum absolute atomic E-state index is 0.0910. The highest BCUT2D eigenvalue weighted by molar-refractivity contribution is 7.99. The highest BCUT2D eigenvalue weighted by atomic mass is 32.2. The summed E-state index contributed by atoms with van der Waals surface area (Å²) in [7, 11) is 0. The fourth-order valence-corrected chi connectivity index (χ4v) is 4.15. The summed E-state index contributed by atoms with van der Waals surface area (Å²) in [6, 6.07) is 28.8. The van der Waals surface area contributed by atoms with Crippen LogP contribution in [-0.2, 0) is 10.5 Å². The van der Waals surface area contributed by atoms with Gasteiger partial charge < -0.3 is 0 Å². The predicted octanol–water partition coefficient (Wildman–Crippen LogP) is 5.77. The van der Waals surface area contributed by atoms with Crippen molar-refractivity contribution >= 4 is 45.4 Å². The van der Waals surface area contributed by atoms with Crippen LogP contribution in [0.2, 0.25) is 0 Å². The zero-order chi connectivity index (χ0) is 20.1. The molecular formula is C25H22N2OS. The third-order valence-corrected chi connectivity index (χ3v) is 6.11. The van der Waals surface area contributed by atoms with Gasteiger partial charge in [-0.15, -0.1) is 11.8 Å². The van der Waals surface area contributed by atoms with E-state index in [2.05, 4.69) is 53.0 Å². The van der Waals surface area contributed by atoms with Crippen molar-refractivity contribution in [3.05, 3.63) is 96.1 Å². The van der Waals surface area contributed by atoms with Crippen molar-refractivity contribution in [3.8, 4) is 0 Å². The zero-order valence-electron chi connectivity index (χ0n) is 16.2. The summed E-state index contributed by atoms with van der Waals surface area (Å²) < 4.78 is 0. The molecular weight excluding hydrogens is 376 g/mol. The van der Waals surface area contributed by atoms with E-state index in [0.717, 1.165) is 32.9 Å². The van der Waals surface area contributed by atoms with Gasteiger partial charge in [0.25, 0.3) is 5.91 Å². The molecule has 144 valence electrons. The minimum atomic E-state index is -0.184. The van der Waals surface area contributed by atoms with Crippen LogP contribution in [0, 0.1) is 0 Å². The quantitative estimate of drug-likeness (QED) is 0.255. The second-order valence-electron chi connectivity index (χ2n) is 6.91.